The van der Waals surface area contributed by atoms with Gasteiger partial charge in [-0.2, -0.15) is 0 Å². The number of rotatable bonds is 10. The molecule has 29 heavy (non-hydrogen) atoms. The van der Waals surface area contributed by atoms with Gasteiger partial charge in [0.25, 0.3) is 5.91 Å². The van der Waals surface area contributed by atoms with Crippen molar-refractivity contribution < 1.29 is 14.3 Å². The monoisotopic (exact) mass is 396 g/mol. The maximum absolute atomic E-state index is 13.1. The summed E-state index contributed by atoms with van der Waals surface area (Å²) in [5, 5.41) is 3.02. The zero-order valence-electron chi connectivity index (χ0n) is 17.9. The molecule has 0 radical (unpaired) electrons. The van der Waals surface area contributed by atoms with E-state index in [1.165, 1.54) is 0 Å². The zero-order valence-corrected chi connectivity index (χ0v) is 17.9. The molecule has 0 saturated heterocycles. The van der Waals surface area contributed by atoms with Crippen LogP contribution in [0.25, 0.3) is 0 Å². The second kappa shape index (κ2) is 11.2. The molecular weight excluding hydrogens is 364 g/mol. The average Bonchev–Trinajstić information content (AvgIpc) is 2.73. The number of ether oxygens (including phenoxy) is 1. The Morgan fingerprint density at radius 1 is 1.00 bits per heavy atom. The Morgan fingerprint density at radius 2 is 1.66 bits per heavy atom. The van der Waals surface area contributed by atoms with Crippen molar-refractivity contribution in [1.82, 2.24) is 10.2 Å². The van der Waals surface area contributed by atoms with Crippen molar-refractivity contribution >= 4 is 11.8 Å². The molecule has 1 N–H and O–H groups in total. The second-order valence-electron chi connectivity index (χ2n) is 7.29. The first kappa shape index (κ1) is 22.5. The van der Waals surface area contributed by atoms with Crippen molar-refractivity contribution in [2.24, 2.45) is 0 Å². The first-order valence-electron chi connectivity index (χ1n) is 10.3. The molecule has 2 aromatic carbocycles. The lowest BCUT2D eigenvalue weighted by molar-refractivity contribution is -0.143. The fraction of sp³-hybridized carbons (Fsp3) is 0.417. The number of amides is 2. The minimum absolute atomic E-state index is 0.0625. The summed E-state index contributed by atoms with van der Waals surface area (Å²) < 4.78 is 5.67. The predicted molar refractivity (Wildman–Crippen MR) is 116 cm³/mol. The molecule has 0 bridgehead atoms. The molecular formula is C24H32N2O3. The number of para-hydroxylation sites is 1. The summed E-state index contributed by atoms with van der Waals surface area (Å²) in [5.41, 5.74) is 2.11. The van der Waals surface area contributed by atoms with Crippen LogP contribution in [-0.2, 0) is 16.1 Å². The lowest BCUT2D eigenvalue weighted by Crippen LogP contribution is -2.51. The minimum Gasteiger partial charge on any atom is -0.484 e. The highest BCUT2D eigenvalue weighted by atomic mass is 16.5. The van der Waals surface area contributed by atoms with Gasteiger partial charge in [-0.3, -0.25) is 9.59 Å². The maximum Gasteiger partial charge on any atom is 0.261 e. The zero-order chi connectivity index (χ0) is 21.2. The molecule has 0 aliphatic heterocycles. The molecule has 0 spiro atoms. The Hall–Kier alpha value is -2.82. The predicted octanol–water partition coefficient (Wildman–Crippen LogP) is 4.10. The van der Waals surface area contributed by atoms with E-state index in [4.69, 9.17) is 4.74 Å². The number of nitrogens with zero attached hydrogens (tertiary/aromatic N) is 1. The van der Waals surface area contributed by atoms with E-state index in [2.05, 4.69) is 5.32 Å². The topological polar surface area (TPSA) is 58.6 Å². The molecule has 5 nitrogen and oxygen atoms in total. The lowest BCUT2D eigenvalue weighted by atomic mass is 10.1. The molecule has 0 aliphatic carbocycles. The quantitative estimate of drug-likeness (QED) is 0.658. The Morgan fingerprint density at radius 3 is 2.28 bits per heavy atom. The van der Waals surface area contributed by atoms with Crippen LogP contribution in [0, 0.1) is 6.92 Å². The van der Waals surface area contributed by atoms with Crippen molar-refractivity contribution in [1.29, 1.82) is 0 Å². The number of benzene rings is 2. The van der Waals surface area contributed by atoms with Crippen LogP contribution in [0.1, 0.15) is 44.7 Å². The van der Waals surface area contributed by atoms with Crippen molar-refractivity contribution in [2.75, 3.05) is 6.61 Å². The Balaban J connectivity index is 2.22. The van der Waals surface area contributed by atoms with E-state index in [-0.39, 0.29) is 24.5 Å². The van der Waals surface area contributed by atoms with Gasteiger partial charge in [0, 0.05) is 12.6 Å². The fourth-order valence-electron chi connectivity index (χ4n) is 3.08. The number of nitrogens with one attached hydrogen (secondary N) is 1. The third kappa shape index (κ3) is 6.63. The molecule has 0 aliphatic rings. The van der Waals surface area contributed by atoms with Crippen LogP contribution >= 0.6 is 0 Å². The normalized spacial score (nSPS) is 12.7. The molecule has 156 valence electrons. The van der Waals surface area contributed by atoms with E-state index in [9.17, 15) is 9.59 Å². The number of hydrogen-bond acceptors (Lipinski definition) is 3. The maximum atomic E-state index is 13.1. The lowest BCUT2D eigenvalue weighted by Gasteiger charge is -2.31. The van der Waals surface area contributed by atoms with Crippen LogP contribution in [0.4, 0.5) is 0 Å². The van der Waals surface area contributed by atoms with Crippen molar-refractivity contribution in [3.05, 3.63) is 65.7 Å². The van der Waals surface area contributed by atoms with Gasteiger partial charge in [0.1, 0.15) is 11.8 Å². The molecule has 0 saturated carbocycles. The van der Waals surface area contributed by atoms with Gasteiger partial charge < -0.3 is 15.0 Å². The van der Waals surface area contributed by atoms with Gasteiger partial charge >= 0.3 is 0 Å². The summed E-state index contributed by atoms with van der Waals surface area (Å²) >= 11 is 0. The minimum atomic E-state index is -0.546. The molecule has 0 heterocycles. The van der Waals surface area contributed by atoms with Crippen LogP contribution < -0.4 is 10.1 Å². The van der Waals surface area contributed by atoms with Gasteiger partial charge in [-0.1, -0.05) is 56.3 Å². The summed E-state index contributed by atoms with van der Waals surface area (Å²) in [4.78, 5) is 27.6. The highest BCUT2D eigenvalue weighted by molar-refractivity contribution is 5.88. The Kier molecular flexibility index (Phi) is 8.71. The first-order valence-corrected chi connectivity index (χ1v) is 10.3. The van der Waals surface area contributed by atoms with Gasteiger partial charge in [-0.25, -0.2) is 0 Å². The van der Waals surface area contributed by atoms with Gasteiger partial charge in [-0.15, -0.1) is 0 Å². The van der Waals surface area contributed by atoms with E-state index in [1.807, 2.05) is 82.3 Å². The molecule has 2 unspecified atom stereocenters. The third-order valence-corrected chi connectivity index (χ3v) is 5.09. The number of carbonyl (C=O) groups is 2. The van der Waals surface area contributed by atoms with Gasteiger partial charge in [0.15, 0.2) is 6.61 Å². The van der Waals surface area contributed by atoms with Crippen LogP contribution in [0.3, 0.4) is 0 Å². The molecule has 2 aromatic rings. The van der Waals surface area contributed by atoms with Crippen molar-refractivity contribution in [2.45, 2.75) is 59.2 Å². The Labute approximate surface area is 174 Å². The molecule has 2 atom stereocenters. The SMILES string of the molecule is CCC(C)NC(=O)C(CC)N(Cc1ccccc1C)C(=O)COc1ccccc1. The number of carbonyl (C=O) groups excluding carboxylic acids is 2. The largest absolute Gasteiger partial charge is 0.484 e. The van der Waals surface area contributed by atoms with Crippen LogP contribution in [-0.4, -0.2) is 35.4 Å². The molecule has 0 fully saturated rings. The summed E-state index contributed by atoms with van der Waals surface area (Å²) in [7, 11) is 0. The van der Waals surface area contributed by atoms with Crippen molar-refractivity contribution in [3.63, 3.8) is 0 Å². The van der Waals surface area contributed by atoms with Gasteiger partial charge in [-0.05, 0) is 49.9 Å². The van der Waals surface area contributed by atoms with E-state index in [1.54, 1.807) is 4.90 Å². The highest BCUT2D eigenvalue weighted by Gasteiger charge is 2.29. The van der Waals surface area contributed by atoms with E-state index >= 15 is 0 Å². The van der Waals surface area contributed by atoms with E-state index in [0.29, 0.717) is 18.7 Å². The Bertz CT molecular complexity index is 792. The molecule has 5 heteroatoms. The molecule has 0 aromatic heterocycles. The van der Waals surface area contributed by atoms with Crippen LogP contribution in [0.2, 0.25) is 0 Å². The van der Waals surface area contributed by atoms with Crippen LogP contribution in [0.15, 0.2) is 54.6 Å². The van der Waals surface area contributed by atoms with Gasteiger partial charge in [0.2, 0.25) is 5.91 Å². The van der Waals surface area contributed by atoms with E-state index in [0.717, 1.165) is 17.5 Å². The number of aryl methyl sites for hydroxylation is 1. The standard InChI is InChI=1S/C24H32N2O3/c1-5-19(4)25-24(28)22(6-2)26(16-20-13-11-10-12-18(20)3)23(27)17-29-21-14-8-7-9-15-21/h7-15,19,22H,5-6,16-17H2,1-4H3,(H,25,28). The molecule has 2 rings (SSSR count). The average molecular weight is 397 g/mol. The highest BCUT2D eigenvalue weighted by Crippen LogP contribution is 2.17. The van der Waals surface area contributed by atoms with Gasteiger partial charge in [0.05, 0.1) is 0 Å². The first-order chi connectivity index (χ1) is 14.0. The molecule has 2 amide bonds. The number of hydrogen-bond donors (Lipinski definition) is 1. The smallest absolute Gasteiger partial charge is 0.261 e. The van der Waals surface area contributed by atoms with Crippen molar-refractivity contribution in [3.8, 4) is 5.75 Å². The third-order valence-electron chi connectivity index (χ3n) is 5.09. The fourth-order valence-corrected chi connectivity index (χ4v) is 3.08. The summed E-state index contributed by atoms with van der Waals surface area (Å²) in [6.07, 6.45) is 1.37. The summed E-state index contributed by atoms with van der Waals surface area (Å²) in [5.74, 6) is 0.306. The second-order valence-corrected chi connectivity index (χ2v) is 7.29. The summed E-state index contributed by atoms with van der Waals surface area (Å²) in [6, 6.07) is 16.7. The van der Waals surface area contributed by atoms with Crippen LogP contribution in [0.5, 0.6) is 5.75 Å². The summed E-state index contributed by atoms with van der Waals surface area (Å²) in [6.45, 7) is 8.20. The van der Waals surface area contributed by atoms with E-state index < -0.39 is 6.04 Å².